The van der Waals surface area contributed by atoms with E-state index in [0.29, 0.717) is 74.2 Å². The molecule has 1 fully saturated rings. The van der Waals surface area contributed by atoms with Crippen molar-refractivity contribution in [1.82, 2.24) is 73.0 Å². The monoisotopic (exact) mass is 1480 g/mol. The molecule has 0 bridgehead atoms. The summed E-state index contributed by atoms with van der Waals surface area (Å²) in [7, 11) is 0. The molecule has 0 saturated carbocycles. The molecule has 0 spiro atoms. The molecule has 7 aromatic rings. The van der Waals surface area contributed by atoms with E-state index in [4.69, 9.17) is 17.2 Å². The Morgan fingerprint density at radius 1 is 0.523 bits per heavy atom. The number of nitrogens with zero attached hydrogens (tertiary/aromatic N) is 1. The van der Waals surface area contributed by atoms with E-state index in [1.165, 1.54) is 4.90 Å². The van der Waals surface area contributed by atoms with Crippen molar-refractivity contribution in [2.45, 2.75) is 158 Å². The number of aliphatic hydroxyl groups excluding tert-OH is 1. The van der Waals surface area contributed by atoms with Crippen molar-refractivity contribution in [3.05, 3.63) is 144 Å². The van der Waals surface area contributed by atoms with Crippen molar-refractivity contribution in [1.29, 1.82) is 0 Å². The van der Waals surface area contributed by atoms with E-state index in [0.717, 1.165) is 6.92 Å². The fraction of sp³-hybridized carbons (Fsp3) is 0.405. The molecule has 3 aromatic heterocycles. The molecule has 11 atom stereocenters. The summed E-state index contributed by atoms with van der Waals surface area (Å²) < 4.78 is 0. The van der Waals surface area contributed by atoms with Crippen molar-refractivity contribution in [3.8, 4) is 0 Å². The molecule has 4 heterocycles. The second-order valence-corrected chi connectivity index (χ2v) is 26.5. The highest BCUT2D eigenvalue weighted by molar-refractivity contribution is 6.01. The highest BCUT2D eigenvalue weighted by atomic mass is 16.4. The molecule has 4 aromatic carbocycles. The van der Waals surface area contributed by atoms with Crippen LogP contribution in [0.5, 0.6) is 0 Å². The first-order valence-electron chi connectivity index (χ1n) is 35.3. The zero-order chi connectivity index (χ0) is 77.4. The molecule has 21 N–H and O–H groups in total. The minimum Gasteiger partial charge on any atom is -0.481 e. The Kier molecular flexibility index (Phi) is 29.2. The second-order valence-electron chi connectivity index (χ2n) is 26.5. The van der Waals surface area contributed by atoms with E-state index in [2.05, 4.69) is 68.1 Å². The van der Waals surface area contributed by atoms with Crippen LogP contribution in [0, 0.1) is 5.92 Å². The molecule has 33 nitrogen and oxygen atoms in total. The van der Waals surface area contributed by atoms with Gasteiger partial charge in [-0.1, -0.05) is 105 Å². The van der Waals surface area contributed by atoms with Crippen molar-refractivity contribution in [3.63, 3.8) is 0 Å². The van der Waals surface area contributed by atoms with Crippen LogP contribution in [-0.2, 0) is 92.8 Å². The fourth-order valence-corrected chi connectivity index (χ4v) is 12.9. The number of primary amides is 2. The van der Waals surface area contributed by atoms with E-state index in [1.807, 2.05) is 24.3 Å². The number of hydrogen-bond donors (Lipinski definition) is 18. The lowest BCUT2D eigenvalue weighted by Crippen LogP contribution is -2.61. The Bertz CT molecular complexity index is 4370. The number of hydrogen-bond acceptors (Lipinski definition) is 16. The van der Waals surface area contributed by atoms with Gasteiger partial charge >= 0.3 is 5.97 Å². The summed E-state index contributed by atoms with van der Waals surface area (Å²) in [6.45, 7) is 3.15. The van der Waals surface area contributed by atoms with Crippen LogP contribution in [0.3, 0.4) is 0 Å². The molecule has 1 aliphatic heterocycles. The molecule has 570 valence electrons. The van der Waals surface area contributed by atoms with Crippen LogP contribution >= 0.6 is 0 Å². The summed E-state index contributed by atoms with van der Waals surface area (Å²) >= 11 is 0. The zero-order valence-corrected chi connectivity index (χ0v) is 59.5. The number of carbonyl (C=O) groups excluding carboxylic acids is 13. The van der Waals surface area contributed by atoms with Crippen LogP contribution in [0.2, 0.25) is 0 Å². The number of nitrogens with two attached hydrogens (primary N) is 3. The van der Waals surface area contributed by atoms with Gasteiger partial charge in [-0.25, -0.2) is 0 Å². The van der Waals surface area contributed by atoms with Gasteiger partial charge in [0.15, 0.2) is 0 Å². The quantitative estimate of drug-likeness (QED) is 0.0203. The highest BCUT2D eigenvalue weighted by Crippen LogP contribution is 2.26. The van der Waals surface area contributed by atoms with Crippen molar-refractivity contribution < 1.29 is 77.3 Å². The number of carboxylic acid groups (broad SMARTS) is 1. The standard InChI is InChI=1S/C74H93N17O16/c1-4-40(2)64(73(106)88-54(29-42-17-6-5-7-18-42)67(100)84-53(65(77)98)34-63(96)97)90-62(95)38-81-72(105)60-26-16-28-91(60)74(107)58(32-45-37-80-51-24-13-10-21-48(45)51)89-69(102)56(31-44-36-79-50-23-12-9-20-47(44)50)85-66(99)52(25-14-15-27-75)83-68(101)55(30-43-35-78-49-22-11-8-19-46(43)49)86-70(103)57(33-61(76)94)87-71(104)59(39-92)82-41(3)93/h5-13,17-24,35-37,40,52-60,64,78-80,92H,4,14-16,25-34,38-39,75H2,1-3H3,(H2,76,94)(H2,77,98)(H,81,105)(H,82,93)(H,83,101)(H,84,100)(H,85,99)(H,86,103)(H,87,104)(H,88,106)(H,89,102)(H,90,95)(H,96,97)/t40-,52-,53-,54-,55-,56-,57-,58-,59-,60-,64-/m0/s1. The van der Waals surface area contributed by atoms with E-state index in [1.54, 1.807) is 111 Å². The molecule has 13 amide bonds. The Morgan fingerprint density at radius 2 is 0.972 bits per heavy atom. The van der Waals surface area contributed by atoms with E-state index in [-0.39, 0.29) is 58.0 Å². The van der Waals surface area contributed by atoms with Crippen molar-refractivity contribution in [2.75, 3.05) is 26.2 Å². The smallest absolute Gasteiger partial charge is 0.305 e. The van der Waals surface area contributed by atoms with E-state index < -0.39 is 175 Å². The molecular weight excluding hydrogens is 1380 g/mol. The van der Waals surface area contributed by atoms with Crippen LogP contribution in [0.15, 0.2) is 122 Å². The van der Waals surface area contributed by atoms with Crippen LogP contribution in [0.1, 0.15) is 94.4 Å². The number of aromatic amines is 3. The minimum absolute atomic E-state index is 0.0263. The predicted octanol–water partition coefficient (Wildman–Crippen LogP) is -1.11. The number of aliphatic hydroxyl groups is 1. The number of unbranched alkanes of at least 4 members (excludes halogenated alkanes) is 1. The van der Waals surface area contributed by atoms with Crippen LogP contribution in [0.4, 0.5) is 0 Å². The number of carboxylic acids is 1. The fourth-order valence-electron chi connectivity index (χ4n) is 12.9. The predicted molar refractivity (Wildman–Crippen MR) is 392 cm³/mol. The third-order valence-corrected chi connectivity index (χ3v) is 18.7. The van der Waals surface area contributed by atoms with Crippen LogP contribution in [-0.4, -0.2) is 199 Å². The average Bonchev–Trinajstić information content (AvgIpc) is 1.73. The summed E-state index contributed by atoms with van der Waals surface area (Å²) in [5.41, 5.74) is 21.2. The second kappa shape index (κ2) is 38.7. The molecule has 0 aliphatic carbocycles. The van der Waals surface area contributed by atoms with Gasteiger partial charge in [-0.15, -0.1) is 0 Å². The summed E-state index contributed by atoms with van der Waals surface area (Å²) in [6.07, 6.45) is 3.96. The van der Waals surface area contributed by atoms with E-state index in [9.17, 15) is 58.2 Å². The number of likely N-dealkylation sites (tertiary alicyclic amines) is 1. The van der Waals surface area contributed by atoms with Gasteiger partial charge in [-0.2, -0.15) is 0 Å². The van der Waals surface area contributed by atoms with Gasteiger partial charge in [0.05, 0.1) is 26.0 Å². The lowest BCUT2D eigenvalue weighted by Gasteiger charge is -2.30. The Hall–Kier alpha value is -12.0. The van der Waals surface area contributed by atoms with Gasteiger partial charge < -0.3 is 100 Å². The average molecular weight is 1480 g/mol. The summed E-state index contributed by atoms with van der Waals surface area (Å²) in [5.74, 6) is -13.7. The first kappa shape index (κ1) is 80.7. The normalized spacial score (nSPS) is 15.5. The first-order chi connectivity index (χ1) is 51.2. The van der Waals surface area contributed by atoms with Gasteiger partial charge in [0.2, 0.25) is 76.8 Å². The summed E-state index contributed by atoms with van der Waals surface area (Å²) in [5, 5.41) is 47.3. The number of benzene rings is 4. The number of amides is 13. The van der Waals surface area contributed by atoms with Crippen molar-refractivity contribution in [2.24, 2.45) is 23.1 Å². The Labute approximate surface area is 614 Å². The molecule has 1 saturated heterocycles. The molecular formula is C74H93N17O16. The number of aliphatic carboxylic acids is 1. The SMILES string of the molecule is CC[C@H](C)[C@H](NC(=O)CNC(=O)[C@@H]1CCCN1C(=O)[C@H](Cc1c[nH]c2ccccc12)NC(=O)[C@H](Cc1c[nH]c2ccccc12)NC(=O)[C@H](CCCCN)NC(=O)[C@H](Cc1c[nH]c2ccccc12)NC(=O)[C@H](CC(N)=O)NC(=O)[C@H](CO)NC(C)=O)C(=O)N[C@@H](Cc1ccccc1)C(=O)N[C@@H](CC(=O)O)C(N)=O. The minimum atomic E-state index is -1.75. The third-order valence-electron chi connectivity index (χ3n) is 18.7. The molecule has 107 heavy (non-hydrogen) atoms. The maximum Gasteiger partial charge on any atom is 0.305 e. The number of aromatic nitrogens is 3. The number of nitrogens with one attached hydrogen (secondary N) is 13. The van der Waals surface area contributed by atoms with Gasteiger partial charge in [-0.3, -0.25) is 67.1 Å². The van der Waals surface area contributed by atoms with Crippen LogP contribution in [0.25, 0.3) is 32.7 Å². The Morgan fingerprint density at radius 3 is 1.47 bits per heavy atom. The number of rotatable bonds is 40. The third kappa shape index (κ3) is 22.5. The topological polar surface area (TPSA) is 528 Å². The molecule has 0 unspecified atom stereocenters. The highest BCUT2D eigenvalue weighted by Gasteiger charge is 2.41. The number of fused-ring (bicyclic) bond motifs is 3. The van der Waals surface area contributed by atoms with Gasteiger partial charge in [-0.05, 0) is 85.0 Å². The van der Waals surface area contributed by atoms with Gasteiger partial charge in [0, 0.05) is 90.5 Å². The molecule has 8 rings (SSSR count). The largest absolute Gasteiger partial charge is 0.481 e. The first-order valence-corrected chi connectivity index (χ1v) is 35.3. The maximum atomic E-state index is 15.5. The maximum absolute atomic E-state index is 15.5. The zero-order valence-electron chi connectivity index (χ0n) is 59.5. The van der Waals surface area contributed by atoms with E-state index >= 15 is 19.2 Å². The number of H-pyrrole nitrogens is 3. The number of para-hydroxylation sites is 3. The van der Waals surface area contributed by atoms with Crippen LogP contribution < -0.4 is 70.4 Å². The van der Waals surface area contributed by atoms with Crippen molar-refractivity contribution >= 4 is 115 Å². The Balaban J connectivity index is 1.04. The summed E-state index contributed by atoms with van der Waals surface area (Å²) in [4.78, 5) is 204. The summed E-state index contributed by atoms with van der Waals surface area (Å²) in [6, 6.07) is 15.2. The molecule has 33 heteroatoms. The molecule has 1 aliphatic rings. The molecule has 0 radical (unpaired) electrons. The lowest BCUT2D eigenvalue weighted by molar-refractivity contribution is -0.142. The van der Waals surface area contributed by atoms with Gasteiger partial charge in [0.25, 0.3) is 0 Å². The van der Waals surface area contributed by atoms with Gasteiger partial charge in [0.1, 0.15) is 60.4 Å². The lowest BCUT2D eigenvalue weighted by atomic mass is 9.97. The number of carbonyl (C=O) groups is 14.